The van der Waals surface area contributed by atoms with Gasteiger partial charge in [0.1, 0.15) is 28.4 Å². The van der Waals surface area contributed by atoms with E-state index in [1.165, 1.54) is 0 Å². The minimum Gasteiger partial charge on any atom is -0.507 e. The lowest BCUT2D eigenvalue weighted by Gasteiger charge is -2.45. The Balaban J connectivity index is 2.12. The average Bonchev–Trinajstić information content (AvgIpc) is 2.59. The van der Waals surface area contributed by atoms with E-state index in [0.717, 1.165) is 6.42 Å². The van der Waals surface area contributed by atoms with E-state index in [4.69, 9.17) is 4.74 Å². The Hall–Kier alpha value is -2.30. The van der Waals surface area contributed by atoms with Gasteiger partial charge in [0, 0.05) is 17.9 Å². The van der Waals surface area contributed by atoms with Crippen LogP contribution in [-0.4, -0.2) is 27.9 Å². The first-order valence-corrected chi connectivity index (χ1v) is 10.1. The molecule has 28 heavy (non-hydrogen) atoms. The van der Waals surface area contributed by atoms with Crippen molar-refractivity contribution in [1.29, 1.82) is 0 Å². The smallest absolute Gasteiger partial charge is 0.170 e. The molecule has 3 rings (SSSR count). The van der Waals surface area contributed by atoms with Gasteiger partial charge in [-0.25, -0.2) is 0 Å². The monoisotopic (exact) mass is 386 g/mol. The molecule has 0 spiro atoms. The van der Waals surface area contributed by atoms with Gasteiger partial charge in [-0.3, -0.25) is 9.59 Å². The van der Waals surface area contributed by atoms with Crippen LogP contribution in [0.2, 0.25) is 0 Å². The number of phenols is 2. The third-order valence-corrected chi connectivity index (χ3v) is 6.19. The summed E-state index contributed by atoms with van der Waals surface area (Å²) in [5, 5.41) is 21.5. The summed E-state index contributed by atoms with van der Waals surface area (Å²) in [5.41, 5.74) is -0.377. The first kappa shape index (κ1) is 20.4. The molecule has 1 aliphatic carbocycles. The van der Waals surface area contributed by atoms with Crippen molar-refractivity contribution < 1.29 is 24.5 Å². The van der Waals surface area contributed by atoms with Crippen LogP contribution in [0.5, 0.6) is 17.2 Å². The fourth-order valence-corrected chi connectivity index (χ4v) is 4.38. The molecule has 1 aromatic rings. The van der Waals surface area contributed by atoms with Crippen LogP contribution in [-0.2, 0) is 6.42 Å². The fourth-order valence-electron chi connectivity index (χ4n) is 4.38. The van der Waals surface area contributed by atoms with E-state index in [1.54, 1.807) is 0 Å². The fraction of sp³-hybridized carbons (Fsp3) is 0.565. The SMILES string of the molecule is CC(C)CC(=O)c1c(O)c(C=O)c2c(c1O)C[C@H]1C[C@H](C(C)C)C=C[C@]1(C)O2. The number of phenolic OH excluding ortho intramolecular Hbond substituents is 2. The number of benzene rings is 1. The second-order valence-corrected chi connectivity index (χ2v) is 9.12. The van der Waals surface area contributed by atoms with Crippen LogP contribution < -0.4 is 4.74 Å². The number of carbonyl (C=O) groups is 2. The maximum atomic E-state index is 12.6. The lowest BCUT2D eigenvalue weighted by molar-refractivity contribution is 0.0302. The minimum absolute atomic E-state index is 0.0565. The van der Waals surface area contributed by atoms with E-state index in [0.29, 0.717) is 30.1 Å². The molecule has 0 amide bonds. The predicted molar refractivity (Wildman–Crippen MR) is 107 cm³/mol. The van der Waals surface area contributed by atoms with Gasteiger partial charge in [-0.2, -0.15) is 0 Å². The second-order valence-electron chi connectivity index (χ2n) is 9.12. The van der Waals surface area contributed by atoms with Gasteiger partial charge >= 0.3 is 0 Å². The number of hydrogen-bond donors (Lipinski definition) is 2. The number of rotatable bonds is 5. The normalized spacial score (nSPS) is 26.0. The Morgan fingerprint density at radius 2 is 1.96 bits per heavy atom. The Labute approximate surface area is 166 Å². The molecule has 2 N–H and O–H groups in total. The summed E-state index contributed by atoms with van der Waals surface area (Å²) >= 11 is 0. The van der Waals surface area contributed by atoms with Gasteiger partial charge in [-0.1, -0.05) is 33.8 Å². The van der Waals surface area contributed by atoms with Gasteiger partial charge in [-0.15, -0.1) is 0 Å². The van der Waals surface area contributed by atoms with Gasteiger partial charge in [0.15, 0.2) is 12.1 Å². The number of ether oxygens (including phenoxy) is 1. The molecule has 0 aromatic heterocycles. The summed E-state index contributed by atoms with van der Waals surface area (Å²) in [6, 6.07) is 0. The topological polar surface area (TPSA) is 83.8 Å². The Bertz CT molecular complexity index is 836. The summed E-state index contributed by atoms with van der Waals surface area (Å²) in [7, 11) is 0. The van der Waals surface area contributed by atoms with Crippen molar-refractivity contribution in [3.63, 3.8) is 0 Å². The van der Waals surface area contributed by atoms with Crippen LogP contribution in [0, 0.1) is 23.7 Å². The number of allylic oxidation sites excluding steroid dienone is 1. The minimum atomic E-state index is -0.613. The largest absolute Gasteiger partial charge is 0.507 e. The van der Waals surface area contributed by atoms with Crippen molar-refractivity contribution >= 4 is 12.1 Å². The first-order chi connectivity index (χ1) is 13.1. The van der Waals surface area contributed by atoms with E-state index in [1.807, 2.05) is 26.8 Å². The molecule has 1 aliphatic heterocycles. The maximum absolute atomic E-state index is 12.6. The molecular formula is C23H30O5. The quantitative estimate of drug-likeness (QED) is 0.436. The number of fused-ring (bicyclic) bond motifs is 2. The highest BCUT2D eigenvalue weighted by Crippen LogP contribution is 2.51. The van der Waals surface area contributed by atoms with E-state index in [2.05, 4.69) is 19.9 Å². The number of aromatic hydroxyl groups is 2. The van der Waals surface area contributed by atoms with Crippen molar-refractivity contribution in [3.8, 4) is 17.2 Å². The van der Waals surface area contributed by atoms with Crippen molar-refractivity contribution in [3.05, 3.63) is 28.8 Å². The van der Waals surface area contributed by atoms with Crippen molar-refractivity contribution in [1.82, 2.24) is 0 Å². The maximum Gasteiger partial charge on any atom is 0.170 e. The van der Waals surface area contributed by atoms with E-state index in [9.17, 15) is 19.8 Å². The molecule has 3 atom stereocenters. The second kappa shape index (κ2) is 7.26. The summed E-state index contributed by atoms with van der Waals surface area (Å²) in [5.74, 6) is 0.169. The zero-order valence-corrected chi connectivity index (χ0v) is 17.3. The zero-order chi connectivity index (χ0) is 20.8. The van der Waals surface area contributed by atoms with Crippen LogP contribution in [0.3, 0.4) is 0 Å². The lowest BCUT2D eigenvalue weighted by atomic mass is 9.69. The zero-order valence-electron chi connectivity index (χ0n) is 17.3. The third kappa shape index (κ3) is 3.31. The van der Waals surface area contributed by atoms with Gasteiger partial charge in [0.05, 0.1) is 5.56 Å². The molecule has 0 bridgehead atoms. The van der Waals surface area contributed by atoms with E-state index >= 15 is 0 Å². The summed E-state index contributed by atoms with van der Waals surface area (Å²) in [6.45, 7) is 10.1. The molecule has 5 heteroatoms. The molecule has 0 saturated heterocycles. The molecule has 1 heterocycles. The van der Waals surface area contributed by atoms with Crippen molar-refractivity contribution in [2.75, 3.05) is 0 Å². The number of aldehydes is 1. The lowest BCUT2D eigenvalue weighted by Crippen LogP contribution is -2.47. The summed E-state index contributed by atoms with van der Waals surface area (Å²) < 4.78 is 6.20. The number of Topliss-reactive ketones (excluding diaryl/α,β-unsaturated/α-hetero) is 1. The van der Waals surface area contributed by atoms with Crippen LogP contribution in [0.25, 0.3) is 0 Å². The summed E-state index contributed by atoms with van der Waals surface area (Å²) in [6.07, 6.45) is 6.28. The molecule has 1 aromatic carbocycles. The van der Waals surface area contributed by atoms with Crippen molar-refractivity contribution in [2.24, 2.45) is 23.7 Å². The molecule has 2 aliphatic rings. The highest BCUT2D eigenvalue weighted by Gasteiger charge is 2.45. The van der Waals surface area contributed by atoms with E-state index < -0.39 is 11.4 Å². The predicted octanol–water partition coefficient (Wildman–Crippen LogP) is 4.68. The van der Waals surface area contributed by atoms with E-state index in [-0.39, 0.29) is 46.7 Å². The van der Waals surface area contributed by atoms with Gasteiger partial charge in [0.25, 0.3) is 0 Å². The number of ketones is 1. The standard InChI is InChI=1S/C23H30O5/c1-12(2)8-18(25)19-20(26)16-10-15-9-14(13(3)4)6-7-23(15,5)28-22(16)17(11-24)21(19)27/h6-7,11-15,26-27H,8-10H2,1-5H3/t14-,15-,23+/m1/s1. The molecule has 152 valence electrons. The third-order valence-electron chi connectivity index (χ3n) is 6.19. The van der Waals surface area contributed by atoms with Gasteiger partial charge in [0.2, 0.25) is 0 Å². The first-order valence-electron chi connectivity index (χ1n) is 10.1. The molecule has 0 saturated carbocycles. The van der Waals surface area contributed by atoms with Crippen LogP contribution in [0.4, 0.5) is 0 Å². The molecular weight excluding hydrogens is 356 g/mol. The molecule has 0 unspecified atom stereocenters. The van der Waals surface area contributed by atoms with Gasteiger partial charge in [-0.05, 0) is 43.6 Å². The van der Waals surface area contributed by atoms with Crippen LogP contribution in [0.15, 0.2) is 12.2 Å². The van der Waals surface area contributed by atoms with Gasteiger partial charge < -0.3 is 14.9 Å². The molecule has 0 radical (unpaired) electrons. The highest BCUT2D eigenvalue weighted by atomic mass is 16.5. The number of hydrogen-bond acceptors (Lipinski definition) is 5. The van der Waals surface area contributed by atoms with Crippen LogP contribution >= 0.6 is 0 Å². The number of carbonyl (C=O) groups excluding carboxylic acids is 2. The Morgan fingerprint density at radius 1 is 1.29 bits per heavy atom. The highest BCUT2D eigenvalue weighted by molar-refractivity contribution is 6.05. The van der Waals surface area contributed by atoms with Crippen LogP contribution in [0.1, 0.15) is 73.7 Å². The summed E-state index contributed by atoms with van der Waals surface area (Å²) in [4.78, 5) is 24.4. The Morgan fingerprint density at radius 3 is 2.54 bits per heavy atom. The van der Waals surface area contributed by atoms with Crippen molar-refractivity contribution in [2.45, 2.75) is 59.5 Å². The molecule has 5 nitrogen and oxygen atoms in total. The Kier molecular flexibility index (Phi) is 5.30. The molecule has 0 fully saturated rings. The average molecular weight is 386 g/mol.